The van der Waals surface area contributed by atoms with E-state index >= 15 is 0 Å². The first-order chi connectivity index (χ1) is 16.4. The summed E-state index contributed by atoms with van der Waals surface area (Å²) in [5.41, 5.74) is 0.748. The maximum Gasteiger partial charge on any atom is 0.330 e. The van der Waals surface area contributed by atoms with Gasteiger partial charge >= 0.3 is 5.97 Å². The quantitative estimate of drug-likeness (QED) is 0.0867. The molecule has 1 rings (SSSR count). The molecule has 0 bridgehead atoms. The summed E-state index contributed by atoms with van der Waals surface area (Å²) in [4.78, 5) is 40.4. The van der Waals surface area contributed by atoms with Crippen LogP contribution in [0, 0.1) is 20.2 Å². The number of rotatable bonds is 20. The van der Waals surface area contributed by atoms with Crippen molar-refractivity contribution in [3.63, 3.8) is 0 Å². The molecule has 0 spiro atoms. The van der Waals surface area contributed by atoms with Gasteiger partial charge in [0.2, 0.25) is 0 Å². The van der Waals surface area contributed by atoms with Crippen LogP contribution in [-0.4, -0.2) is 49.7 Å². The van der Waals surface area contributed by atoms with E-state index in [-0.39, 0.29) is 19.8 Å². The number of carbonyl (C=O) groups excluding carboxylic acids is 1. The Hall–Kier alpha value is -3.57. The first-order valence-electron chi connectivity index (χ1n) is 11.1. The molecule has 0 aliphatic carbocycles. The molecule has 1 aromatic rings. The Bertz CT molecular complexity index is 785. The van der Waals surface area contributed by atoms with Crippen molar-refractivity contribution in [2.45, 2.75) is 51.4 Å². The summed E-state index contributed by atoms with van der Waals surface area (Å²) >= 11 is 0. The summed E-state index contributed by atoms with van der Waals surface area (Å²) in [6.45, 7) is 0.940. The van der Waals surface area contributed by atoms with E-state index in [1.54, 1.807) is 24.3 Å². The van der Waals surface area contributed by atoms with Crippen molar-refractivity contribution >= 4 is 12.0 Å². The number of hydrogen-bond donors (Lipinski definition) is 0. The first-order valence-corrected chi connectivity index (χ1v) is 11.1. The molecule has 1 aromatic carbocycles. The molecule has 0 saturated heterocycles. The van der Waals surface area contributed by atoms with E-state index in [0.29, 0.717) is 37.4 Å². The zero-order valence-electron chi connectivity index (χ0n) is 19.3. The van der Waals surface area contributed by atoms with Crippen LogP contribution in [0.3, 0.4) is 0 Å². The molecule has 0 N–H and O–H groups in total. The van der Waals surface area contributed by atoms with Gasteiger partial charge in [-0.2, -0.15) is 0 Å². The molecular formula is C22H32N2O10. The number of benzene rings is 1. The molecule has 12 heteroatoms. The highest BCUT2D eigenvalue weighted by atomic mass is 17.0. The van der Waals surface area contributed by atoms with E-state index in [2.05, 4.69) is 9.68 Å². The molecule has 0 fully saturated rings. The fraction of sp³-hybridized carbons (Fsp3) is 0.591. The van der Waals surface area contributed by atoms with E-state index < -0.39 is 16.1 Å². The second kappa shape index (κ2) is 17.9. The third-order valence-corrected chi connectivity index (χ3v) is 4.57. The standard InChI is InChI=1S/C22H32N2O10/c1-30-21-18-19(10-12-20(21)31-14-6-2-4-8-16-33-23(26)27)11-13-22(25)32-15-7-3-5-9-17-34-24(28)29/h10-13,18H,2-9,14-17H2,1H3/b13-11+. The van der Waals surface area contributed by atoms with Gasteiger partial charge in [-0.15, -0.1) is 20.2 Å². The van der Waals surface area contributed by atoms with E-state index in [0.717, 1.165) is 37.7 Å². The highest BCUT2D eigenvalue weighted by molar-refractivity contribution is 5.87. The molecule has 34 heavy (non-hydrogen) atoms. The van der Waals surface area contributed by atoms with Crippen LogP contribution in [0.25, 0.3) is 6.08 Å². The fourth-order valence-corrected chi connectivity index (χ4v) is 2.87. The third-order valence-electron chi connectivity index (χ3n) is 4.57. The first kappa shape index (κ1) is 28.5. The average Bonchev–Trinajstić information content (AvgIpc) is 2.81. The number of ether oxygens (including phenoxy) is 3. The Kier molecular flexibility index (Phi) is 15.0. The number of unbranched alkanes of at least 4 members (excludes halogenated alkanes) is 6. The van der Waals surface area contributed by atoms with Gasteiger partial charge in [-0.05, 0) is 55.9 Å². The molecule has 0 amide bonds. The lowest BCUT2D eigenvalue weighted by molar-refractivity contribution is -0.757. The summed E-state index contributed by atoms with van der Waals surface area (Å²) in [5.74, 6) is 0.665. The van der Waals surface area contributed by atoms with Crippen molar-refractivity contribution in [2.75, 3.05) is 33.5 Å². The van der Waals surface area contributed by atoms with Crippen LogP contribution in [0.1, 0.15) is 56.9 Å². The van der Waals surface area contributed by atoms with Gasteiger partial charge < -0.3 is 23.9 Å². The fourth-order valence-electron chi connectivity index (χ4n) is 2.87. The van der Waals surface area contributed by atoms with Crippen LogP contribution < -0.4 is 9.47 Å². The van der Waals surface area contributed by atoms with Crippen molar-refractivity contribution in [3.8, 4) is 11.5 Å². The molecule has 190 valence electrons. The molecule has 0 unspecified atom stereocenters. The minimum Gasteiger partial charge on any atom is -0.493 e. The van der Waals surface area contributed by atoms with Gasteiger partial charge in [0.05, 0.1) is 33.5 Å². The molecule has 0 atom stereocenters. The summed E-state index contributed by atoms with van der Waals surface area (Å²) in [6, 6.07) is 5.31. The van der Waals surface area contributed by atoms with Crippen LogP contribution in [0.15, 0.2) is 24.3 Å². The number of carbonyl (C=O) groups is 1. The summed E-state index contributed by atoms with van der Waals surface area (Å²) in [7, 11) is 1.53. The lowest BCUT2D eigenvalue weighted by atomic mass is 10.2. The van der Waals surface area contributed by atoms with E-state index in [1.165, 1.54) is 13.2 Å². The third kappa shape index (κ3) is 14.5. The van der Waals surface area contributed by atoms with Crippen molar-refractivity contribution < 1.29 is 38.9 Å². The van der Waals surface area contributed by atoms with Gasteiger partial charge in [0, 0.05) is 6.08 Å². The van der Waals surface area contributed by atoms with E-state index in [9.17, 15) is 25.0 Å². The Morgan fingerprint density at radius 1 is 0.824 bits per heavy atom. The molecule has 0 saturated carbocycles. The van der Waals surface area contributed by atoms with Gasteiger partial charge in [0.1, 0.15) is 0 Å². The maximum absolute atomic E-state index is 11.8. The molecule has 0 radical (unpaired) electrons. The number of hydrogen-bond acceptors (Lipinski definition) is 10. The largest absolute Gasteiger partial charge is 0.493 e. The van der Waals surface area contributed by atoms with Gasteiger partial charge in [0.15, 0.2) is 11.5 Å². The predicted octanol–water partition coefficient (Wildman–Crippen LogP) is 4.17. The summed E-state index contributed by atoms with van der Waals surface area (Å²) < 4.78 is 16.2. The van der Waals surface area contributed by atoms with Crippen LogP contribution in [-0.2, 0) is 19.2 Å². The predicted molar refractivity (Wildman–Crippen MR) is 121 cm³/mol. The number of methoxy groups -OCH3 is 1. The van der Waals surface area contributed by atoms with Crippen LogP contribution in [0.2, 0.25) is 0 Å². The van der Waals surface area contributed by atoms with Crippen LogP contribution in [0.4, 0.5) is 0 Å². The molecule has 12 nitrogen and oxygen atoms in total. The molecule has 0 aliphatic heterocycles. The van der Waals surface area contributed by atoms with Crippen LogP contribution in [0.5, 0.6) is 11.5 Å². The monoisotopic (exact) mass is 484 g/mol. The van der Waals surface area contributed by atoms with Crippen molar-refractivity contribution in [2.24, 2.45) is 0 Å². The van der Waals surface area contributed by atoms with Crippen molar-refractivity contribution in [1.82, 2.24) is 0 Å². The lowest BCUT2D eigenvalue weighted by Crippen LogP contribution is -2.03. The Morgan fingerprint density at radius 3 is 1.94 bits per heavy atom. The highest BCUT2D eigenvalue weighted by Crippen LogP contribution is 2.28. The molecule has 0 heterocycles. The van der Waals surface area contributed by atoms with Gasteiger partial charge in [-0.25, -0.2) is 4.79 Å². The normalized spacial score (nSPS) is 10.6. The Balaban J connectivity index is 2.26. The number of nitrogens with zero attached hydrogens (tertiary/aromatic N) is 2. The number of esters is 1. The smallest absolute Gasteiger partial charge is 0.330 e. The topological polar surface area (TPSA) is 150 Å². The Morgan fingerprint density at radius 2 is 1.38 bits per heavy atom. The zero-order chi connectivity index (χ0) is 25.0. The second-order valence-corrected chi connectivity index (χ2v) is 7.20. The molecule has 0 aromatic heterocycles. The van der Waals surface area contributed by atoms with Crippen molar-refractivity contribution in [1.29, 1.82) is 0 Å². The van der Waals surface area contributed by atoms with E-state index in [4.69, 9.17) is 14.2 Å². The van der Waals surface area contributed by atoms with Crippen molar-refractivity contribution in [3.05, 3.63) is 50.1 Å². The van der Waals surface area contributed by atoms with Gasteiger partial charge in [0.25, 0.3) is 10.2 Å². The summed E-state index contributed by atoms with van der Waals surface area (Å²) in [5, 5.41) is 18.5. The van der Waals surface area contributed by atoms with E-state index in [1.807, 2.05) is 0 Å². The SMILES string of the molecule is COc1cc(/C=C/C(=O)OCCCCCCO[N+](=O)[O-])ccc1OCCCCCCO[N+](=O)[O-]. The average molecular weight is 485 g/mol. The Labute approximate surface area is 198 Å². The highest BCUT2D eigenvalue weighted by Gasteiger charge is 2.06. The lowest BCUT2D eigenvalue weighted by Gasteiger charge is -2.11. The van der Waals surface area contributed by atoms with Gasteiger partial charge in [-0.3, -0.25) is 0 Å². The molecule has 0 aliphatic rings. The second-order valence-electron chi connectivity index (χ2n) is 7.20. The molecular weight excluding hydrogens is 452 g/mol. The minimum absolute atomic E-state index is 0.0758. The van der Waals surface area contributed by atoms with Crippen LogP contribution >= 0.6 is 0 Å². The minimum atomic E-state index is -0.809. The summed E-state index contributed by atoms with van der Waals surface area (Å²) in [6.07, 6.45) is 8.84. The van der Waals surface area contributed by atoms with Gasteiger partial charge in [-0.1, -0.05) is 25.3 Å². The maximum atomic E-state index is 11.8. The zero-order valence-corrected chi connectivity index (χ0v) is 19.3.